The van der Waals surface area contributed by atoms with Crippen molar-refractivity contribution in [3.05, 3.63) is 57.5 Å². The van der Waals surface area contributed by atoms with Crippen LogP contribution in [0.2, 0.25) is 0 Å². The minimum Gasteiger partial charge on any atom is -0.264 e. The first kappa shape index (κ1) is 14.6. The summed E-state index contributed by atoms with van der Waals surface area (Å²) in [5.74, 6) is 0. The number of fused-ring (bicyclic) bond motifs is 1. The molecular formula is C14H11BrN2O2S2. The summed E-state index contributed by atoms with van der Waals surface area (Å²) in [7, 11) is -3.56. The molecule has 0 fully saturated rings. The molecule has 4 nitrogen and oxygen atoms in total. The topological polar surface area (TPSA) is 59.1 Å². The van der Waals surface area contributed by atoms with E-state index in [-0.39, 0.29) is 11.4 Å². The Balaban J connectivity index is 1.93. The monoisotopic (exact) mass is 382 g/mol. The fourth-order valence-corrected chi connectivity index (χ4v) is 4.77. The van der Waals surface area contributed by atoms with E-state index in [1.165, 1.54) is 11.3 Å². The highest BCUT2D eigenvalue weighted by molar-refractivity contribution is 9.11. The molecule has 0 bridgehead atoms. The predicted octanol–water partition coefficient (Wildman–Crippen LogP) is 3.54. The molecule has 0 spiro atoms. The summed E-state index contributed by atoms with van der Waals surface area (Å²) in [4.78, 5) is 5.24. The molecule has 3 rings (SSSR count). The summed E-state index contributed by atoms with van der Waals surface area (Å²) in [5, 5.41) is 1.48. The van der Waals surface area contributed by atoms with Gasteiger partial charge in [0.15, 0.2) is 0 Å². The van der Waals surface area contributed by atoms with Crippen LogP contribution in [-0.2, 0) is 16.6 Å². The van der Waals surface area contributed by atoms with Gasteiger partial charge in [0.05, 0.1) is 8.68 Å². The first-order chi connectivity index (χ1) is 10.1. The molecule has 0 atom stereocenters. The number of rotatable bonds is 4. The molecule has 1 N–H and O–H groups in total. The van der Waals surface area contributed by atoms with E-state index in [9.17, 15) is 8.42 Å². The first-order valence-corrected chi connectivity index (χ1v) is 9.22. The zero-order chi connectivity index (χ0) is 14.9. The maximum atomic E-state index is 12.5. The first-order valence-electron chi connectivity index (χ1n) is 6.13. The number of pyridine rings is 1. The van der Waals surface area contributed by atoms with Crippen molar-refractivity contribution in [2.45, 2.75) is 11.4 Å². The van der Waals surface area contributed by atoms with Gasteiger partial charge < -0.3 is 0 Å². The molecule has 2 aromatic heterocycles. The lowest BCUT2D eigenvalue weighted by molar-refractivity contribution is 0.582. The molecule has 108 valence electrons. The quantitative estimate of drug-likeness (QED) is 0.750. The van der Waals surface area contributed by atoms with Gasteiger partial charge in [0, 0.05) is 34.6 Å². The van der Waals surface area contributed by atoms with E-state index < -0.39 is 10.0 Å². The molecule has 0 unspecified atom stereocenters. The fourth-order valence-electron chi connectivity index (χ4n) is 2.02. The van der Waals surface area contributed by atoms with Gasteiger partial charge in [0.25, 0.3) is 0 Å². The number of hydrogen-bond acceptors (Lipinski definition) is 4. The lowest BCUT2D eigenvalue weighted by Gasteiger charge is -2.08. The van der Waals surface area contributed by atoms with E-state index in [1.54, 1.807) is 30.6 Å². The standard InChI is InChI=1S/C14H11BrN2O2S2/c15-14-5-4-11(20-14)9-17-21(18,19)13-3-1-2-10-8-16-7-6-12(10)13/h1-8,17H,9H2. The van der Waals surface area contributed by atoms with Crippen molar-refractivity contribution >= 4 is 48.1 Å². The van der Waals surface area contributed by atoms with Crippen molar-refractivity contribution in [2.75, 3.05) is 0 Å². The Hall–Kier alpha value is -1.28. The molecule has 7 heteroatoms. The van der Waals surface area contributed by atoms with E-state index in [4.69, 9.17) is 0 Å². The molecule has 21 heavy (non-hydrogen) atoms. The van der Waals surface area contributed by atoms with Gasteiger partial charge in [-0.05, 0) is 40.2 Å². The van der Waals surface area contributed by atoms with Gasteiger partial charge in [0.1, 0.15) is 0 Å². The largest absolute Gasteiger partial charge is 0.264 e. The van der Waals surface area contributed by atoms with E-state index >= 15 is 0 Å². The van der Waals surface area contributed by atoms with Gasteiger partial charge >= 0.3 is 0 Å². The maximum Gasteiger partial charge on any atom is 0.241 e. The van der Waals surface area contributed by atoms with Gasteiger partial charge in [-0.1, -0.05) is 12.1 Å². The van der Waals surface area contributed by atoms with Crippen LogP contribution in [-0.4, -0.2) is 13.4 Å². The second-order valence-electron chi connectivity index (χ2n) is 4.38. The Kier molecular flexibility index (Phi) is 4.08. The number of halogens is 1. The number of hydrogen-bond donors (Lipinski definition) is 1. The Morgan fingerprint density at radius 2 is 2.05 bits per heavy atom. The van der Waals surface area contributed by atoms with Gasteiger partial charge in [-0.15, -0.1) is 11.3 Å². The zero-order valence-corrected chi connectivity index (χ0v) is 14.0. The second kappa shape index (κ2) is 5.84. The van der Waals surface area contributed by atoms with E-state index in [0.717, 1.165) is 14.0 Å². The molecule has 0 aliphatic carbocycles. The summed E-state index contributed by atoms with van der Waals surface area (Å²) in [5.41, 5.74) is 0. The average Bonchev–Trinajstić information content (AvgIpc) is 2.90. The maximum absolute atomic E-state index is 12.5. The molecule has 0 saturated carbocycles. The van der Waals surface area contributed by atoms with Crippen molar-refractivity contribution in [1.29, 1.82) is 0 Å². The summed E-state index contributed by atoms with van der Waals surface area (Å²) in [6.45, 7) is 0.278. The molecule has 0 radical (unpaired) electrons. The second-order valence-corrected chi connectivity index (χ2v) is 8.67. The summed E-state index contributed by atoms with van der Waals surface area (Å²) in [6, 6.07) is 10.7. The van der Waals surface area contributed by atoms with Crippen molar-refractivity contribution in [3.63, 3.8) is 0 Å². The number of nitrogens with one attached hydrogen (secondary N) is 1. The molecule has 3 aromatic rings. The molecule has 0 aliphatic rings. The van der Waals surface area contributed by atoms with Crippen molar-refractivity contribution in [1.82, 2.24) is 9.71 Å². The number of thiophene rings is 1. The normalized spacial score (nSPS) is 11.9. The Morgan fingerprint density at radius 3 is 2.81 bits per heavy atom. The van der Waals surface area contributed by atoms with Crippen LogP contribution in [0.25, 0.3) is 10.8 Å². The zero-order valence-electron chi connectivity index (χ0n) is 10.8. The highest BCUT2D eigenvalue weighted by atomic mass is 79.9. The van der Waals surface area contributed by atoms with Crippen LogP contribution < -0.4 is 4.72 Å². The lowest BCUT2D eigenvalue weighted by atomic mass is 10.2. The SMILES string of the molecule is O=S(=O)(NCc1ccc(Br)s1)c1cccc2cnccc12. The fraction of sp³-hybridized carbons (Fsp3) is 0.0714. The number of aromatic nitrogens is 1. The van der Waals surface area contributed by atoms with Crippen molar-refractivity contribution in [2.24, 2.45) is 0 Å². The smallest absolute Gasteiger partial charge is 0.241 e. The van der Waals surface area contributed by atoms with Crippen LogP contribution in [0.4, 0.5) is 0 Å². The van der Waals surface area contributed by atoms with Crippen LogP contribution in [0.15, 0.2) is 57.5 Å². The lowest BCUT2D eigenvalue weighted by Crippen LogP contribution is -2.23. The summed E-state index contributed by atoms with van der Waals surface area (Å²) >= 11 is 4.87. The van der Waals surface area contributed by atoms with Gasteiger partial charge in [-0.2, -0.15) is 0 Å². The van der Waals surface area contributed by atoms with Crippen LogP contribution >= 0.6 is 27.3 Å². The molecule has 0 aliphatic heterocycles. The Morgan fingerprint density at radius 1 is 1.19 bits per heavy atom. The van der Waals surface area contributed by atoms with Gasteiger partial charge in [0.2, 0.25) is 10.0 Å². The third kappa shape index (κ3) is 3.16. The minimum atomic E-state index is -3.56. The van der Waals surface area contributed by atoms with Crippen molar-refractivity contribution in [3.8, 4) is 0 Å². The minimum absolute atomic E-state index is 0.276. The van der Waals surface area contributed by atoms with Crippen molar-refractivity contribution < 1.29 is 8.42 Å². The average molecular weight is 383 g/mol. The van der Waals surface area contributed by atoms with Crippen LogP contribution in [0.5, 0.6) is 0 Å². The van der Waals surface area contributed by atoms with Gasteiger partial charge in [-0.3, -0.25) is 4.98 Å². The number of nitrogens with zero attached hydrogens (tertiary/aromatic N) is 1. The predicted molar refractivity (Wildman–Crippen MR) is 87.8 cm³/mol. The summed E-state index contributed by atoms with van der Waals surface area (Å²) < 4.78 is 28.6. The molecule has 2 heterocycles. The molecule has 0 amide bonds. The van der Waals surface area contributed by atoms with Crippen LogP contribution in [0, 0.1) is 0 Å². The van der Waals surface area contributed by atoms with E-state index in [1.807, 2.05) is 18.2 Å². The number of benzene rings is 1. The van der Waals surface area contributed by atoms with Crippen LogP contribution in [0.3, 0.4) is 0 Å². The molecule has 0 saturated heterocycles. The number of sulfonamides is 1. The summed E-state index contributed by atoms with van der Waals surface area (Å²) in [6.07, 6.45) is 3.25. The highest BCUT2D eigenvalue weighted by Crippen LogP contribution is 2.24. The molecular weight excluding hydrogens is 372 g/mol. The Labute approximate surface area is 135 Å². The third-order valence-corrected chi connectivity index (χ3v) is 6.08. The van der Waals surface area contributed by atoms with Gasteiger partial charge in [-0.25, -0.2) is 13.1 Å². The van der Waals surface area contributed by atoms with Crippen LogP contribution in [0.1, 0.15) is 4.88 Å². The van der Waals surface area contributed by atoms with E-state index in [2.05, 4.69) is 25.6 Å². The molecule has 1 aromatic carbocycles. The highest BCUT2D eigenvalue weighted by Gasteiger charge is 2.17. The van der Waals surface area contributed by atoms with E-state index in [0.29, 0.717) is 5.39 Å². The third-order valence-electron chi connectivity index (χ3n) is 3.00. The Bertz CT molecular complexity index is 885.